The maximum atomic E-state index is 7.96. The molecule has 0 unspecified atom stereocenters. The molecule has 0 bridgehead atoms. The number of rotatable bonds is 5. The molecule has 0 aliphatic rings. The lowest BCUT2D eigenvalue weighted by Gasteiger charge is -2.07. The second-order valence-corrected chi connectivity index (χ2v) is 1.81. The fraction of sp³-hybridized carbons (Fsp3) is 1.00. The van der Waals surface area contributed by atoms with Gasteiger partial charge in [0.25, 0.3) is 0 Å². The van der Waals surface area contributed by atoms with E-state index in [-0.39, 0.29) is 6.04 Å². The first-order valence-corrected chi connectivity index (χ1v) is 3.04. The highest BCUT2D eigenvalue weighted by Gasteiger charge is 2.00. The predicted octanol–water partition coefficient (Wildman–Crippen LogP) is 1.19. The molecule has 0 aromatic carbocycles. The van der Waals surface area contributed by atoms with Gasteiger partial charge in [0.15, 0.2) is 0 Å². The molecule has 7 heteroatoms. The molecular formula is C4H9N7. The van der Waals surface area contributed by atoms with Crippen LogP contribution in [0.15, 0.2) is 10.2 Å². The monoisotopic (exact) mass is 155 g/mol. The lowest BCUT2D eigenvalue weighted by atomic mass is 10.3. The molecule has 0 spiro atoms. The Morgan fingerprint density at radius 1 is 1.27 bits per heavy atom. The molecule has 0 aromatic rings. The number of nitrogens with zero attached hydrogens (tertiary/aromatic N) is 6. The molecule has 7 nitrogen and oxygen atoms in total. The summed E-state index contributed by atoms with van der Waals surface area (Å²) < 4.78 is 0. The zero-order chi connectivity index (χ0) is 8.53. The van der Waals surface area contributed by atoms with E-state index in [9.17, 15) is 0 Å². The van der Waals surface area contributed by atoms with Crippen molar-refractivity contribution in [2.24, 2.45) is 10.2 Å². The first kappa shape index (κ1) is 9.58. The fourth-order valence-electron chi connectivity index (χ4n) is 0.510. The third-order valence-electron chi connectivity index (χ3n) is 1.14. The SMILES string of the molecule is CNC(CN=[N+]=[N-])CN=[N+]=[N-]. The second-order valence-electron chi connectivity index (χ2n) is 1.81. The van der Waals surface area contributed by atoms with Crippen LogP contribution < -0.4 is 5.32 Å². The third-order valence-corrected chi connectivity index (χ3v) is 1.14. The summed E-state index contributed by atoms with van der Waals surface area (Å²) in [5, 5.41) is 9.50. The molecule has 0 atom stereocenters. The summed E-state index contributed by atoms with van der Waals surface area (Å²) in [7, 11) is 1.71. The summed E-state index contributed by atoms with van der Waals surface area (Å²) in [6.07, 6.45) is 0. The van der Waals surface area contributed by atoms with E-state index in [0.717, 1.165) is 0 Å². The Hall–Kier alpha value is -1.42. The van der Waals surface area contributed by atoms with Crippen molar-refractivity contribution in [1.82, 2.24) is 5.32 Å². The molecule has 0 rings (SSSR count). The van der Waals surface area contributed by atoms with Crippen molar-refractivity contribution < 1.29 is 0 Å². The number of hydrogen-bond acceptors (Lipinski definition) is 3. The average Bonchev–Trinajstić information content (AvgIpc) is 2.05. The van der Waals surface area contributed by atoms with Crippen LogP contribution in [0.4, 0.5) is 0 Å². The molecule has 0 heterocycles. The van der Waals surface area contributed by atoms with Crippen LogP contribution in [-0.4, -0.2) is 26.2 Å². The van der Waals surface area contributed by atoms with E-state index in [1.165, 1.54) is 0 Å². The van der Waals surface area contributed by atoms with E-state index in [2.05, 4.69) is 25.4 Å². The van der Waals surface area contributed by atoms with E-state index < -0.39 is 0 Å². The van der Waals surface area contributed by atoms with Crippen molar-refractivity contribution in [1.29, 1.82) is 0 Å². The van der Waals surface area contributed by atoms with Crippen LogP contribution in [0.3, 0.4) is 0 Å². The average molecular weight is 155 g/mol. The molecule has 60 valence electrons. The standard InChI is InChI=1S/C4H9N7/c1-7-4(2-8-10-5)3-9-11-6/h4,7H,2-3H2,1H3. The minimum atomic E-state index is -0.0678. The number of hydrogen-bond donors (Lipinski definition) is 1. The Kier molecular flexibility index (Phi) is 5.83. The van der Waals surface area contributed by atoms with Gasteiger partial charge in [0, 0.05) is 29.0 Å². The molecule has 0 saturated carbocycles. The van der Waals surface area contributed by atoms with Crippen LogP contribution in [0.1, 0.15) is 0 Å². The van der Waals surface area contributed by atoms with E-state index in [0.29, 0.717) is 13.1 Å². The van der Waals surface area contributed by atoms with Gasteiger partial charge >= 0.3 is 0 Å². The summed E-state index contributed by atoms with van der Waals surface area (Å²) in [4.78, 5) is 5.16. The van der Waals surface area contributed by atoms with Crippen LogP contribution in [0, 0.1) is 0 Å². The molecule has 1 N–H and O–H groups in total. The van der Waals surface area contributed by atoms with Gasteiger partial charge in [-0.15, -0.1) is 0 Å². The normalized spacial score (nSPS) is 11.0. The minimum Gasteiger partial charge on any atom is -0.317 e. The van der Waals surface area contributed by atoms with Gasteiger partial charge < -0.3 is 5.32 Å². The minimum absolute atomic E-state index is 0.0678. The maximum Gasteiger partial charge on any atom is 0.0413 e. The van der Waals surface area contributed by atoms with E-state index in [4.69, 9.17) is 11.1 Å². The maximum absolute atomic E-state index is 7.96. The van der Waals surface area contributed by atoms with Gasteiger partial charge in [-0.1, -0.05) is 10.2 Å². The summed E-state index contributed by atoms with van der Waals surface area (Å²) in [6, 6.07) is -0.0678. The molecule has 0 saturated heterocycles. The van der Waals surface area contributed by atoms with Crippen LogP contribution in [0.25, 0.3) is 20.9 Å². The van der Waals surface area contributed by atoms with Crippen molar-refractivity contribution in [2.75, 3.05) is 20.1 Å². The van der Waals surface area contributed by atoms with Gasteiger partial charge in [0.2, 0.25) is 0 Å². The van der Waals surface area contributed by atoms with Gasteiger partial charge in [0.1, 0.15) is 0 Å². The summed E-state index contributed by atoms with van der Waals surface area (Å²) >= 11 is 0. The van der Waals surface area contributed by atoms with Crippen molar-refractivity contribution in [3.05, 3.63) is 20.9 Å². The second kappa shape index (κ2) is 6.70. The van der Waals surface area contributed by atoms with Crippen LogP contribution in [0.2, 0.25) is 0 Å². The Morgan fingerprint density at radius 3 is 2.00 bits per heavy atom. The van der Waals surface area contributed by atoms with Crippen molar-refractivity contribution in [3.63, 3.8) is 0 Å². The van der Waals surface area contributed by atoms with E-state index >= 15 is 0 Å². The molecule has 0 aliphatic heterocycles. The van der Waals surface area contributed by atoms with Crippen molar-refractivity contribution in [2.45, 2.75) is 6.04 Å². The summed E-state index contributed by atoms with van der Waals surface area (Å²) in [6.45, 7) is 0.595. The Bertz CT molecular complexity index is 167. The highest BCUT2D eigenvalue weighted by molar-refractivity contribution is 4.70. The molecule has 0 aliphatic carbocycles. The smallest absolute Gasteiger partial charge is 0.0413 e. The Morgan fingerprint density at radius 2 is 1.73 bits per heavy atom. The van der Waals surface area contributed by atoms with Gasteiger partial charge in [-0.25, -0.2) is 0 Å². The molecular weight excluding hydrogens is 146 g/mol. The number of nitrogens with one attached hydrogen (secondary N) is 1. The molecule has 0 fully saturated rings. The topological polar surface area (TPSA) is 110 Å². The predicted molar refractivity (Wildman–Crippen MR) is 40.9 cm³/mol. The van der Waals surface area contributed by atoms with Crippen molar-refractivity contribution in [3.8, 4) is 0 Å². The van der Waals surface area contributed by atoms with Gasteiger partial charge in [0.05, 0.1) is 0 Å². The quantitative estimate of drug-likeness (QED) is 0.359. The summed E-state index contributed by atoms with van der Waals surface area (Å²) in [5.41, 5.74) is 15.9. The van der Waals surface area contributed by atoms with E-state index in [1.807, 2.05) is 0 Å². The van der Waals surface area contributed by atoms with Crippen LogP contribution in [-0.2, 0) is 0 Å². The van der Waals surface area contributed by atoms with Gasteiger partial charge in [-0.2, -0.15) is 0 Å². The lowest BCUT2D eigenvalue weighted by molar-refractivity contribution is 0.579. The molecule has 0 radical (unpaired) electrons. The highest BCUT2D eigenvalue weighted by atomic mass is 15.2. The zero-order valence-corrected chi connectivity index (χ0v) is 6.17. The number of likely N-dealkylation sites (N-methyl/N-ethyl adjacent to an activating group) is 1. The zero-order valence-electron chi connectivity index (χ0n) is 6.17. The van der Waals surface area contributed by atoms with Gasteiger partial charge in [-0.05, 0) is 18.1 Å². The largest absolute Gasteiger partial charge is 0.317 e. The van der Waals surface area contributed by atoms with Crippen molar-refractivity contribution >= 4 is 0 Å². The molecule has 0 aromatic heterocycles. The van der Waals surface area contributed by atoms with Gasteiger partial charge in [-0.3, -0.25) is 0 Å². The number of azide groups is 2. The first-order valence-electron chi connectivity index (χ1n) is 3.04. The Labute approximate surface area is 63.7 Å². The lowest BCUT2D eigenvalue weighted by Crippen LogP contribution is -2.30. The first-order chi connectivity index (χ1) is 5.35. The molecule has 0 amide bonds. The summed E-state index contributed by atoms with van der Waals surface area (Å²) in [5.74, 6) is 0. The van der Waals surface area contributed by atoms with E-state index in [1.54, 1.807) is 7.05 Å². The Balaban J connectivity index is 3.74. The van der Waals surface area contributed by atoms with Crippen LogP contribution >= 0.6 is 0 Å². The third kappa shape index (κ3) is 5.05. The van der Waals surface area contributed by atoms with Crippen LogP contribution in [0.5, 0.6) is 0 Å². The fourth-order valence-corrected chi connectivity index (χ4v) is 0.510. The molecule has 11 heavy (non-hydrogen) atoms. The highest BCUT2D eigenvalue weighted by Crippen LogP contribution is 1.86.